The Morgan fingerprint density at radius 2 is 1.76 bits per heavy atom. The molecule has 0 bridgehead atoms. The van der Waals surface area contributed by atoms with Gasteiger partial charge in [0, 0.05) is 55.8 Å². The molecule has 1 N–H and O–H groups in total. The molecule has 2 aromatic rings. The van der Waals surface area contributed by atoms with Crippen LogP contribution in [0, 0.1) is 6.92 Å². The van der Waals surface area contributed by atoms with Gasteiger partial charge in [-0.25, -0.2) is 0 Å². The van der Waals surface area contributed by atoms with Crippen LogP contribution in [0.15, 0.2) is 41.1 Å². The first-order valence-electron chi connectivity index (χ1n) is 8.52. The molecule has 0 unspecified atom stereocenters. The van der Waals surface area contributed by atoms with Gasteiger partial charge < -0.3 is 10.2 Å². The van der Waals surface area contributed by atoms with Crippen molar-refractivity contribution in [2.24, 2.45) is 0 Å². The average Bonchev–Trinajstić information content (AvgIpc) is 3.17. The lowest BCUT2D eigenvalue weighted by molar-refractivity contribution is 0.0638. The molecular weight excluding hydrogens is 334 g/mol. The molecular formula is C19H23N3O2S. The summed E-state index contributed by atoms with van der Waals surface area (Å²) in [6, 6.07) is 9.56. The monoisotopic (exact) mass is 357 g/mol. The Labute approximate surface area is 152 Å². The molecule has 2 heterocycles. The molecule has 1 fully saturated rings. The second-order valence-corrected chi connectivity index (χ2v) is 7.05. The summed E-state index contributed by atoms with van der Waals surface area (Å²) in [5.74, 6) is 0.0832. The van der Waals surface area contributed by atoms with Crippen molar-refractivity contribution in [3.05, 3.63) is 57.8 Å². The van der Waals surface area contributed by atoms with Gasteiger partial charge in [-0.2, -0.15) is 11.3 Å². The number of piperazine rings is 1. The van der Waals surface area contributed by atoms with Gasteiger partial charge in [-0.3, -0.25) is 14.5 Å². The summed E-state index contributed by atoms with van der Waals surface area (Å²) in [6.45, 7) is 6.58. The van der Waals surface area contributed by atoms with Gasteiger partial charge in [0.15, 0.2) is 0 Å². The maximum absolute atomic E-state index is 12.5. The number of nitrogens with zero attached hydrogens (tertiary/aromatic N) is 2. The molecule has 1 aromatic heterocycles. The van der Waals surface area contributed by atoms with Gasteiger partial charge in [-0.15, -0.1) is 0 Å². The number of nitrogens with one attached hydrogen (secondary N) is 1. The van der Waals surface area contributed by atoms with Crippen LogP contribution in [0.4, 0.5) is 0 Å². The van der Waals surface area contributed by atoms with E-state index in [0.29, 0.717) is 6.54 Å². The van der Waals surface area contributed by atoms with E-state index in [9.17, 15) is 9.59 Å². The third-order valence-corrected chi connectivity index (χ3v) is 5.14. The van der Waals surface area contributed by atoms with E-state index in [-0.39, 0.29) is 11.8 Å². The topological polar surface area (TPSA) is 52.7 Å². The SMILES string of the molecule is Cc1ccc(C(=O)N2CCN(CCNC(=O)c3ccsc3)CC2)cc1. The molecule has 2 amide bonds. The third-order valence-electron chi connectivity index (χ3n) is 4.45. The van der Waals surface area contributed by atoms with Crippen molar-refractivity contribution in [3.8, 4) is 0 Å². The Balaban J connectivity index is 1.40. The minimum Gasteiger partial charge on any atom is -0.351 e. The van der Waals surface area contributed by atoms with E-state index in [0.717, 1.165) is 49.4 Å². The lowest BCUT2D eigenvalue weighted by atomic mass is 10.1. The Hall–Kier alpha value is -2.18. The number of carbonyl (C=O) groups is 2. The van der Waals surface area contributed by atoms with Crippen molar-refractivity contribution in [2.75, 3.05) is 39.3 Å². The number of thiophene rings is 1. The molecule has 3 rings (SSSR count). The molecule has 1 aliphatic heterocycles. The van der Waals surface area contributed by atoms with Gasteiger partial charge in [0.25, 0.3) is 11.8 Å². The predicted molar refractivity (Wildman–Crippen MR) is 100 cm³/mol. The van der Waals surface area contributed by atoms with Gasteiger partial charge in [-0.1, -0.05) is 17.7 Å². The van der Waals surface area contributed by atoms with Crippen molar-refractivity contribution in [2.45, 2.75) is 6.92 Å². The Morgan fingerprint density at radius 3 is 2.40 bits per heavy atom. The van der Waals surface area contributed by atoms with E-state index in [2.05, 4.69) is 10.2 Å². The molecule has 132 valence electrons. The molecule has 0 atom stereocenters. The van der Waals surface area contributed by atoms with Crippen molar-refractivity contribution in [1.82, 2.24) is 15.1 Å². The van der Waals surface area contributed by atoms with Crippen molar-refractivity contribution in [1.29, 1.82) is 0 Å². The second kappa shape index (κ2) is 8.27. The summed E-state index contributed by atoms with van der Waals surface area (Å²) in [4.78, 5) is 28.6. The summed E-state index contributed by atoms with van der Waals surface area (Å²) in [6.07, 6.45) is 0. The second-order valence-electron chi connectivity index (χ2n) is 6.27. The molecule has 25 heavy (non-hydrogen) atoms. The molecule has 0 radical (unpaired) electrons. The lowest BCUT2D eigenvalue weighted by Gasteiger charge is -2.34. The molecule has 1 aliphatic rings. The molecule has 6 heteroatoms. The van der Waals surface area contributed by atoms with E-state index >= 15 is 0 Å². The Bertz CT molecular complexity index is 705. The Kier molecular flexibility index (Phi) is 5.83. The maximum Gasteiger partial charge on any atom is 0.253 e. The number of carbonyl (C=O) groups excluding carboxylic acids is 2. The number of amides is 2. The first-order chi connectivity index (χ1) is 12.1. The highest BCUT2D eigenvalue weighted by Gasteiger charge is 2.21. The highest BCUT2D eigenvalue weighted by molar-refractivity contribution is 7.08. The van der Waals surface area contributed by atoms with E-state index in [4.69, 9.17) is 0 Å². The maximum atomic E-state index is 12.5. The smallest absolute Gasteiger partial charge is 0.253 e. The fourth-order valence-corrected chi connectivity index (χ4v) is 3.51. The van der Waals surface area contributed by atoms with Crippen LogP contribution in [0.5, 0.6) is 0 Å². The van der Waals surface area contributed by atoms with Gasteiger partial charge in [0.2, 0.25) is 0 Å². The zero-order valence-corrected chi connectivity index (χ0v) is 15.2. The van der Waals surface area contributed by atoms with Crippen LogP contribution in [0.2, 0.25) is 0 Å². The molecule has 0 saturated carbocycles. The number of benzene rings is 1. The predicted octanol–water partition coefficient (Wildman–Crippen LogP) is 2.24. The van der Waals surface area contributed by atoms with Gasteiger partial charge in [-0.05, 0) is 30.5 Å². The van der Waals surface area contributed by atoms with E-state index in [1.807, 2.05) is 52.9 Å². The van der Waals surface area contributed by atoms with Crippen LogP contribution < -0.4 is 5.32 Å². The van der Waals surface area contributed by atoms with Crippen molar-refractivity contribution < 1.29 is 9.59 Å². The van der Waals surface area contributed by atoms with E-state index in [1.54, 1.807) is 0 Å². The van der Waals surface area contributed by atoms with Crippen LogP contribution in [-0.2, 0) is 0 Å². The quantitative estimate of drug-likeness (QED) is 0.893. The largest absolute Gasteiger partial charge is 0.351 e. The third kappa shape index (κ3) is 4.67. The van der Waals surface area contributed by atoms with E-state index in [1.165, 1.54) is 11.3 Å². The van der Waals surface area contributed by atoms with Crippen molar-refractivity contribution in [3.63, 3.8) is 0 Å². The molecule has 5 nitrogen and oxygen atoms in total. The Morgan fingerprint density at radius 1 is 1.04 bits per heavy atom. The van der Waals surface area contributed by atoms with Gasteiger partial charge in [0.1, 0.15) is 0 Å². The lowest BCUT2D eigenvalue weighted by Crippen LogP contribution is -2.50. The number of hydrogen-bond donors (Lipinski definition) is 1. The first-order valence-corrected chi connectivity index (χ1v) is 9.46. The molecule has 1 saturated heterocycles. The molecule has 0 aliphatic carbocycles. The van der Waals surface area contributed by atoms with Crippen LogP contribution >= 0.6 is 11.3 Å². The highest BCUT2D eigenvalue weighted by atomic mass is 32.1. The number of aryl methyl sites for hydroxylation is 1. The number of rotatable bonds is 5. The normalized spacial score (nSPS) is 15.2. The van der Waals surface area contributed by atoms with Gasteiger partial charge >= 0.3 is 0 Å². The summed E-state index contributed by atoms with van der Waals surface area (Å²) in [5, 5.41) is 6.70. The minimum atomic E-state index is -0.0190. The summed E-state index contributed by atoms with van der Waals surface area (Å²) in [5.41, 5.74) is 2.63. The fraction of sp³-hybridized carbons (Fsp3) is 0.368. The van der Waals surface area contributed by atoms with Crippen LogP contribution in [-0.4, -0.2) is 60.9 Å². The van der Waals surface area contributed by atoms with E-state index < -0.39 is 0 Å². The van der Waals surface area contributed by atoms with Crippen molar-refractivity contribution >= 4 is 23.2 Å². The zero-order chi connectivity index (χ0) is 17.6. The van der Waals surface area contributed by atoms with Crippen LogP contribution in [0.25, 0.3) is 0 Å². The first kappa shape index (κ1) is 17.6. The fourth-order valence-electron chi connectivity index (χ4n) is 2.88. The van der Waals surface area contributed by atoms with Crippen LogP contribution in [0.1, 0.15) is 26.3 Å². The minimum absolute atomic E-state index is 0.0190. The standard InChI is InChI=1S/C19H23N3O2S/c1-15-2-4-16(5-3-15)19(24)22-11-9-21(10-12-22)8-7-20-18(23)17-6-13-25-14-17/h2-6,13-14H,7-12H2,1H3,(H,20,23). The zero-order valence-electron chi connectivity index (χ0n) is 14.4. The average molecular weight is 357 g/mol. The summed E-state index contributed by atoms with van der Waals surface area (Å²) >= 11 is 1.52. The number of hydrogen-bond acceptors (Lipinski definition) is 4. The highest BCUT2D eigenvalue weighted by Crippen LogP contribution is 2.10. The molecule has 1 aromatic carbocycles. The summed E-state index contributed by atoms with van der Waals surface area (Å²) in [7, 11) is 0. The summed E-state index contributed by atoms with van der Waals surface area (Å²) < 4.78 is 0. The molecule has 0 spiro atoms. The van der Waals surface area contributed by atoms with Gasteiger partial charge in [0.05, 0.1) is 0 Å². The van der Waals surface area contributed by atoms with Crippen LogP contribution in [0.3, 0.4) is 0 Å².